The van der Waals surface area contributed by atoms with Crippen LogP contribution >= 0.6 is 15.9 Å². The molecule has 25 heavy (non-hydrogen) atoms. The first-order valence-electron chi connectivity index (χ1n) is 6.65. The number of anilines is 1. The summed E-state index contributed by atoms with van der Waals surface area (Å²) in [5.41, 5.74) is 0.553. The minimum absolute atomic E-state index is 0.276. The highest BCUT2D eigenvalue weighted by atomic mass is 79.9. The highest BCUT2D eigenvalue weighted by Crippen LogP contribution is 2.18. The second-order valence-corrected chi connectivity index (χ2v) is 7.49. The van der Waals surface area contributed by atoms with Crippen LogP contribution in [-0.2, 0) is 10.0 Å². The Morgan fingerprint density at radius 2 is 1.80 bits per heavy atom. The summed E-state index contributed by atoms with van der Waals surface area (Å²) >= 11 is 3.18. The zero-order valence-corrected chi connectivity index (χ0v) is 14.7. The normalized spacial score (nSPS) is 12.0. The maximum Gasteiger partial charge on any atom is 0.402 e. The van der Waals surface area contributed by atoms with Crippen LogP contribution in [-0.4, -0.2) is 32.0 Å². The number of amides is 1. The van der Waals surface area contributed by atoms with Crippen LogP contribution in [0, 0.1) is 0 Å². The SMILES string of the molecule is O=C(Nc1ccc(S(=O)(=O)NCC(F)(F)F)cc1)c1cncc(Br)c1. The molecule has 0 unspecified atom stereocenters. The number of hydrogen-bond donors (Lipinski definition) is 2. The molecule has 1 amide bonds. The fraction of sp³-hybridized carbons (Fsp3) is 0.143. The van der Waals surface area contributed by atoms with Gasteiger partial charge in [-0.2, -0.15) is 13.2 Å². The molecule has 2 N–H and O–H groups in total. The predicted octanol–water partition coefficient (Wildman–Crippen LogP) is 2.94. The van der Waals surface area contributed by atoms with Crippen molar-refractivity contribution in [2.45, 2.75) is 11.1 Å². The molecule has 0 spiro atoms. The van der Waals surface area contributed by atoms with E-state index in [1.54, 1.807) is 6.07 Å². The molecule has 2 rings (SSSR count). The van der Waals surface area contributed by atoms with E-state index in [-0.39, 0.29) is 16.1 Å². The Kier molecular flexibility index (Phi) is 5.80. The lowest BCUT2D eigenvalue weighted by Gasteiger charge is -2.10. The summed E-state index contributed by atoms with van der Waals surface area (Å²) in [5, 5.41) is 2.53. The fourth-order valence-corrected chi connectivity index (χ4v) is 3.10. The van der Waals surface area contributed by atoms with Gasteiger partial charge in [-0.15, -0.1) is 0 Å². The minimum Gasteiger partial charge on any atom is -0.322 e. The Morgan fingerprint density at radius 1 is 1.16 bits per heavy atom. The summed E-state index contributed by atoms with van der Waals surface area (Å²) in [6.45, 7) is -1.66. The molecule has 1 heterocycles. The molecule has 0 saturated carbocycles. The zero-order valence-electron chi connectivity index (χ0n) is 12.3. The lowest BCUT2D eigenvalue weighted by Crippen LogP contribution is -2.33. The maximum atomic E-state index is 12.1. The van der Waals surface area contributed by atoms with Gasteiger partial charge in [0, 0.05) is 22.6 Å². The highest BCUT2D eigenvalue weighted by Gasteiger charge is 2.30. The number of benzene rings is 1. The van der Waals surface area contributed by atoms with E-state index in [9.17, 15) is 26.4 Å². The van der Waals surface area contributed by atoms with Crippen molar-refractivity contribution >= 4 is 37.5 Å². The van der Waals surface area contributed by atoms with Gasteiger partial charge in [-0.1, -0.05) is 0 Å². The Labute approximate surface area is 149 Å². The molecule has 0 aliphatic carbocycles. The molecule has 2 aromatic rings. The maximum absolute atomic E-state index is 12.1. The number of alkyl halides is 3. The Bertz CT molecular complexity index is 871. The second-order valence-electron chi connectivity index (χ2n) is 4.81. The van der Waals surface area contributed by atoms with Crippen LogP contribution in [0.2, 0.25) is 0 Å². The van der Waals surface area contributed by atoms with Gasteiger partial charge in [-0.3, -0.25) is 9.78 Å². The predicted molar refractivity (Wildman–Crippen MR) is 87.6 cm³/mol. The molecule has 0 bridgehead atoms. The van der Waals surface area contributed by atoms with Crippen LogP contribution in [0.25, 0.3) is 0 Å². The van der Waals surface area contributed by atoms with E-state index in [0.29, 0.717) is 4.47 Å². The van der Waals surface area contributed by atoms with E-state index >= 15 is 0 Å². The first-order chi connectivity index (χ1) is 11.6. The lowest BCUT2D eigenvalue weighted by atomic mass is 10.2. The first-order valence-corrected chi connectivity index (χ1v) is 8.93. The third kappa shape index (κ3) is 5.80. The quantitative estimate of drug-likeness (QED) is 0.752. The van der Waals surface area contributed by atoms with Gasteiger partial charge in [0.2, 0.25) is 10.0 Å². The molecule has 1 aromatic carbocycles. The summed E-state index contributed by atoms with van der Waals surface area (Å²) in [4.78, 5) is 15.5. The first kappa shape index (κ1) is 19.3. The molecule has 6 nitrogen and oxygen atoms in total. The Morgan fingerprint density at radius 3 is 2.36 bits per heavy atom. The van der Waals surface area contributed by atoms with Crippen LogP contribution in [0.4, 0.5) is 18.9 Å². The number of carbonyl (C=O) groups is 1. The van der Waals surface area contributed by atoms with Gasteiger partial charge in [0.1, 0.15) is 6.54 Å². The van der Waals surface area contributed by atoms with E-state index in [2.05, 4.69) is 26.2 Å². The monoisotopic (exact) mass is 437 g/mol. The van der Waals surface area contributed by atoms with Gasteiger partial charge in [0.25, 0.3) is 5.91 Å². The minimum atomic E-state index is -4.65. The summed E-state index contributed by atoms with van der Waals surface area (Å²) in [5.74, 6) is -0.473. The van der Waals surface area contributed by atoms with Gasteiger partial charge >= 0.3 is 6.18 Å². The van der Waals surface area contributed by atoms with Gasteiger partial charge in [-0.05, 0) is 46.3 Å². The van der Waals surface area contributed by atoms with Crippen molar-refractivity contribution in [3.63, 3.8) is 0 Å². The molecule has 11 heteroatoms. The van der Waals surface area contributed by atoms with Gasteiger partial charge in [-0.25, -0.2) is 13.1 Å². The molecule has 0 radical (unpaired) electrons. The molecule has 0 atom stereocenters. The number of nitrogens with zero attached hydrogens (tertiary/aromatic N) is 1. The van der Waals surface area contributed by atoms with Crippen LogP contribution in [0.3, 0.4) is 0 Å². The Balaban J connectivity index is 2.08. The van der Waals surface area contributed by atoms with Crippen molar-refractivity contribution in [1.82, 2.24) is 9.71 Å². The molecule has 134 valence electrons. The largest absolute Gasteiger partial charge is 0.402 e. The van der Waals surface area contributed by atoms with Crippen LogP contribution in [0.5, 0.6) is 0 Å². The Hall–Kier alpha value is -1.98. The number of halogens is 4. The average Bonchev–Trinajstić information content (AvgIpc) is 2.53. The van der Waals surface area contributed by atoms with Gasteiger partial charge < -0.3 is 5.32 Å². The van der Waals surface area contributed by atoms with Gasteiger partial charge in [0.15, 0.2) is 0 Å². The number of sulfonamides is 1. The third-order valence-electron chi connectivity index (χ3n) is 2.85. The van der Waals surface area contributed by atoms with E-state index < -0.39 is 28.7 Å². The van der Waals surface area contributed by atoms with Crippen molar-refractivity contribution in [2.24, 2.45) is 0 Å². The molecule has 0 saturated heterocycles. The van der Waals surface area contributed by atoms with Crippen molar-refractivity contribution in [2.75, 3.05) is 11.9 Å². The second kappa shape index (κ2) is 7.50. The number of pyridine rings is 1. The lowest BCUT2D eigenvalue weighted by molar-refractivity contribution is -0.121. The standard InChI is InChI=1S/C14H11BrF3N3O3S/c15-10-5-9(6-19-7-10)13(22)21-11-1-3-12(4-2-11)25(23,24)20-8-14(16,17)18/h1-7,20H,8H2,(H,21,22). The smallest absolute Gasteiger partial charge is 0.322 e. The van der Waals surface area contributed by atoms with Crippen molar-refractivity contribution in [3.05, 3.63) is 52.8 Å². The number of hydrogen-bond acceptors (Lipinski definition) is 4. The van der Waals surface area contributed by atoms with Crippen molar-refractivity contribution in [3.8, 4) is 0 Å². The molecule has 0 aliphatic heterocycles. The zero-order chi connectivity index (χ0) is 18.7. The average molecular weight is 438 g/mol. The summed E-state index contributed by atoms with van der Waals surface area (Å²) in [7, 11) is -4.30. The van der Waals surface area contributed by atoms with E-state index in [1.165, 1.54) is 29.2 Å². The molecule has 1 aromatic heterocycles. The fourth-order valence-electron chi connectivity index (χ4n) is 1.72. The highest BCUT2D eigenvalue weighted by molar-refractivity contribution is 9.10. The van der Waals surface area contributed by atoms with E-state index in [0.717, 1.165) is 12.1 Å². The van der Waals surface area contributed by atoms with Crippen molar-refractivity contribution in [1.29, 1.82) is 0 Å². The summed E-state index contributed by atoms with van der Waals surface area (Å²) in [6.07, 6.45) is -1.80. The third-order valence-corrected chi connectivity index (χ3v) is 4.70. The van der Waals surface area contributed by atoms with Crippen molar-refractivity contribution < 1.29 is 26.4 Å². The summed E-state index contributed by atoms with van der Waals surface area (Å²) < 4.78 is 61.9. The van der Waals surface area contributed by atoms with Crippen LogP contribution < -0.4 is 10.0 Å². The number of nitrogens with one attached hydrogen (secondary N) is 2. The van der Waals surface area contributed by atoms with E-state index in [1.807, 2.05) is 0 Å². The van der Waals surface area contributed by atoms with Crippen LogP contribution in [0.1, 0.15) is 10.4 Å². The van der Waals surface area contributed by atoms with Gasteiger partial charge in [0.05, 0.1) is 10.5 Å². The molecular formula is C14H11BrF3N3O3S. The van der Waals surface area contributed by atoms with Crippen LogP contribution in [0.15, 0.2) is 52.1 Å². The molecular weight excluding hydrogens is 427 g/mol. The molecule has 0 aliphatic rings. The number of carbonyl (C=O) groups excluding carboxylic acids is 1. The van der Waals surface area contributed by atoms with E-state index in [4.69, 9.17) is 0 Å². The number of aromatic nitrogens is 1. The summed E-state index contributed by atoms with van der Waals surface area (Å²) in [6, 6.07) is 6.26. The molecule has 0 fully saturated rings. The number of rotatable bonds is 5. The topological polar surface area (TPSA) is 88.2 Å².